The Morgan fingerprint density at radius 2 is 2.00 bits per heavy atom. The van der Waals surface area contributed by atoms with Crippen LogP contribution in [0.15, 0.2) is 36.4 Å². The van der Waals surface area contributed by atoms with Crippen LogP contribution in [0.25, 0.3) is 0 Å². The minimum Gasteiger partial charge on any atom is -0.497 e. The highest BCUT2D eigenvalue weighted by atomic mass is 32.1. The molecule has 24 heavy (non-hydrogen) atoms. The van der Waals surface area contributed by atoms with Gasteiger partial charge in [-0.1, -0.05) is 12.1 Å². The van der Waals surface area contributed by atoms with Crippen molar-refractivity contribution >= 4 is 17.2 Å². The summed E-state index contributed by atoms with van der Waals surface area (Å²) in [7, 11) is 1.67. The molecule has 1 fully saturated rings. The Hall–Kier alpha value is -1.85. The van der Waals surface area contributed by atoms with Crippen LogP contribution >= 0.6 is 11.3 Å². The molecule has 0 aliphatic carbocycles. The quantitative estimate of drug-likeness (QED) is 0.834. The van der Waals surface area contributed by atoms with Crippen LogP contribution in [-0.4, -0.2) is 42.5 Å². The molecule has 128 valence electrons. The zero-order valence-electron chi connectivity index (χ0n) is 14.3. The van der Waals surface area contributed by atoms with Crippen LogP contribution in [0.4, 0.5) is 0 Å². The Morgan fingerprint density at radius 1 is 1.12 bits per heavy atom. The van der Waals surface area contributed by atoms with E-state index >= 15 is 0 Å². The van der Waals surface area contributed by atoms with E-state index < -0.39 is 0 Å². The van der Waals surface area contributed by atoms with Crippen LogP contribution in [0.5, 0.6) is 5.75 Å². The third-order valence-electron chi connectivity index (χ3n) is 4.36. The maximum Gasteiger partial charge on any atom is 0.224 e. The lowest BCUT2D eigenvalue weighted by atomic mass is 10.2. The van der Waals surface area contributed by atoms with E-state index in [-0.39, 0.29) is 5.91 Å². The molecule has 0 N–H and O–H groups in total. The predicted octanol–water partition coefficient (Wildman–Crippen LogP) is 3.30. The summed E-state index contributed by atoms with van der Waals surface area (Å²) in [6.45, 7) is 6.27. The van der Waals surface area contributed by atoms with Crippen molar-refractivity contribution in [3.8, 4) is 5.75 Å². The zero-order chi connectivity index (χ0) is 16.9. The molecule has 2 heterocycles. The smallest absolute Gasteiger partial charge is 0.224 e. The molecule has 1 aliphatic heterocycles. The van der Waals surface area contributed by atoms with Gasteiger partial charge in [-0.15, -0.1) is 11.3 Å². The molecule has 1 aromatic carbocycles. The third-order valence-corrected chi connectivity index (χ3v) is 5.35. The predicted molar refractivity (Wildman–Crippen MR) is 97.4 cm³/mol. The van der Waals surface area contributed by atoms with Crippen molar-refractivity contribution in [2.75, 3.05) is 26.7 Å². The Kier molecular flexibility index (Phi) is 5.53. The lowest BCUT2D eigenvalue weighted by molar-refractivity contribution is -0.130. The summed E-state index contributed by atoms with van der Waals surface area (Å²) in [4.78, 5) is 19.5. The fourth-order valence-corrected chi connectivity index (χ4v) is 3.95. The van der Waals surface area contributed by atoms with Crippen LogP contribution in [0.1, 0.15) is 21.7 Å². The number of ether oxygens (including phenoxy) is 1. The molecule has 2 aromatic rings. The highest BCUT2D eigenvalue weighted by Gasteiger charge is 2.21. The van der Waals surface area contributed by atoms with Gasteiger partial charge in [-0.2, -0.15) is 0 Å². The minimum absolute atomic E-state index is 0.239. The first kappa shape index (κ1) is 17.0. The van der Waals surface area contributed by atoms with Gasteiger partial charge in [0, 0.05) is 48.9 Å². The van der Waals surface area contributed by atoms with Crippen molar-refractivity contribution in [2.45, 2.75) is 26.4 Å². The van der Waals surface area contributed by atoms with Crippen LogP contribution in [0.3, 0.4) is 0 Å². The summed E-state index contributed by atoms with van der Waals surface area (Å²) in [6.07, 6.45) is 0.592. The Bertz CT molecular complexity index is 698. The fourth-order valence-electron chi connectivity index (χ4n) is 3.02. The lowest BCUT2D eigenvalue weighted by Crippen LogP contribution is -2.32. The largest absolute Gasteiger partial charge is 0.497 e. The lowest BCUT2D eigenvalue weighted by Gasteiger charge is -2.22. The van der Waals surface area contributed by atoms with Crippen LogP contribution < -0.4 is 4.74 Å². The van der Waals surface area contributed by atoms with Gasteiger partial charge in [-0.05, 0) is 36.8 Å². The molecular formula is C19H24N2O2S. The topological polar surface area (TPSA) is 32.8 Å². The summed E-state index contributed by atoms with van der Waals surface area (Å²) >= 11 is 1.84. The highest BCUT2D eigenvalue weighted by molar-refractivity contribution is 7.11. The molecule has 0 spiro atoms. The van der Waals surface area contributed by atoms with E-state index in [0.717, 1.165) is 37.5 Å². The van der Waals surface area contributed by atoms with Crippen molar-refractivity contribution < 1.29 is 9.53 Å². The molecular weight excluding hydrogens is 320 g/mol. The SMILES string of the molecule is COc1cccc(CN2CCN(Cc3ccc(C)s3)CCC2=O)c1. The molecule has 4 nitrogen and oxygen atoms in total. The fraction of sp³-hybridized carbons (Fsp3) is 0.421. The van der Waals surface area contributed by atoms with Gasteiger partial charge in [0.2, 0.25) is 5.91 Å². The van der Waals surface area contributed by atoms with Crippen LogP contribution in [-0.2, 0) is 17.9 Å². The van der Waals surface area contributed by atoms with Gasteiger partial charge in [0.25, 0.3) is 0 Å². The van der Waals surface area contributed by atoms with E-state index in [0.29, 0.717) is 13.0 Å². The summed E-state index contributed by atoms with van der Waals surface area (Å²) in [5.74, 6) is 1.08. The number of hydrogen-bond acceptors (Lipinski definition) is 4. The highest BCUT2D eigenvalue weighted by Crippen LogP contribution is 2.19. The van der Waals surface area contributed by atoms with Gasteiger partial charge < -0.3 is 9.64 Å². The standard InChI is InChI=1S/C19H24N2O2S/c1-15-6-7-18(24-15)14-20-9-8-19(22)21(11-10-20)13-16-4-3-5-17(12-16)23-2/h3-7,12H,8-11,13-14H2,1-2H3. The van der Waals surface area contributed by atoms with E-state index in [9.17, 15) is 4.79 Å². The molecule has 1 saturated heterocycles. The second-order valence-corrected chi connectivity index (χ2v) is 7.58. The summed E-state index contributed by atoms with van der Waals surface area (Å²) in [6, 6.07) is 12.3. The monoisotopic (exact) mass is 344 g/mol. The number of aryl methyl sites for hydroxylation is 1. The number of hydrogen-bond donors (Lipinski definition) is 0. The summed E-state index contributed by atoms with van der Waals surface area (Å²) in [5.41, 5.74) is 1.12. The zero-order valence-corrected chi connectivity index (χ0v) is 15.1. The molecule has 1 aromatic heterocycles. The van der Waals surface area contributed by atoms with Gasteiger partial charge >= 0.3 is 0 Å². The maximum atomic E-state index is 12.4. The first-order valence-corrected chi connectivity index (χ1v) is 9.14. The number of amides is 1. The normalized spacial score (nSPS) is 16.2. The number of methoxy groups -OCH3 is 1. The number of nitrogens with zero attached hydrogens (tertiary/aromatic N) is 2. The minimum atomic E-state index is 0.239. The number of carbonyl (C=O) groups excluding carboxylic acids is 1. The molecule has 0 atom stereocenters. The van der Waals surface area contributed by atoms with Gasteiger partial charge in [0.15, 0.2) is 0 Å². The molecule has 5 heteroatoms. The van der Waals surface area contributed by atoms with E-state index in [1.54, 1.807) is 7.11 Å². The number of carbonyl (C=O) groups is 1. The average Bonchev–Trinajstić information content (AvgIpc) is 2.92. The molecule has 0 saturated carbocycles. The Morgan fingerprint density at radius 3 is 2.75 bits per heavy atom. The van der Waals surface area contributed by atoms with Gasteiger partial charge in [0.05, 0.1) is 7.11 Å². The average molecular weight is 344 g/mol. The number of rotatable bonds is 5. The van der Waals surface area contributed by atoms with Crippen molar-refractivity contribution in [1.29, 1.82) is 0 Å². The van der Waals surface area contributed by atoms with Crippen molar-refractivity contribution in [2.24, 2.45) is 0 Å². The van der Waals surface area contributed by atoms with Crippen LogP contribution in [0, 0.1) is 6.92 Å². The van der Waals surface area contributed by atoms with E-state index in [4.69, 9.17) is 4.74 Å². The molecule has 0 bridgehead atoms. The van der Waals surface area contributed by atoms with Crippen LogP contribution in [0.2, 0.25) is 0 Å². The van der Waals surface area contributed by atoms with Crippen molar-refractivity contribution in [3.05, 3.63) is 51.7 Å². The summed E-state index contributed by atoms with van der Waals surface area (Å²) < 4.78 is 5.27. The maximum absolute atomic E-state index is 12.4. The first-order chi connectivity index (χ1) is 11.6. The Labute approximate surface area is 147 Å². The summed E-state index contributed by atoms with van der Waals surface area (Å²) in [5, 5.41) is 0. The second-order valence-electron chi connectivity index (χ2n) is 6.21. The molecule has 0 radical (unpaired) electrons. The van der Waals surface area contributed by atoms with Gasteiger partial charge in [0.1, 0.15) is 5.75 Å². The Balaban J connectivity index is 1.60. The van der Waals surface area contributed by atoms with E-state index in [1.807, 2.05) is 40.5 Å². The molecule has 1 aliphatic rings. The number of thiophene rings is 1. The molecule has 1 amide bonds. The van der Waals surface area contributed by atoms with Gasteiger partial charge in [-0.3, -0.25) is 9.69 Å². The number of benzene rings is 1. The molecule has 3 rings (SSSR count). The third kappa shape index (κ3) is 4.36. The van der Waals surface area contributed by atoms with Crippen molar-refractivity contribution in [1.82, 2.24) is 9.80 Å². The van der Waals surface area contributed by atoms with Crippen molar-refractivity contribution in [3.63, 3.8) is 0 Å². The van der Waals surface area contributed by atoms with E-state index in [2.05, 4.69) is 24.0 Å². The molecule has 0 unspecified atom stereocenters. The second kappa shape index (κ2) is 7.81. The van der Waals surface area contributed by atoms with Gasteiger partial charge in [-0.25, -0.2) is 0 Å². The van der Waals surface area contributed by atoms with E-state index in [1.165, 1.54) is 9.75 Å². The first-order valence-electron chi connectivity index (χ1n) is 8.32.